The maximum Gasteiger partial charge on any atom is 0.223 e. The number of para-hydroxylation sites is 1. The highest BCUT2D eigenvalue weighted by Crippen LogP contribution is 2.31. The van der Waals surface area contributed by atoms with Crippen molar-refractivity contribution in [3.05, 3.63) is 48.0 Å². The van der Waals surface area contributed by atoms with Crippen LogP contribution in [0.4, 0.5) is 5.69 Å². The third-order valence-corrected chi connectivity index (χ3v) is 4.85. The molecule has 0 heterocycles. The molecule has 0 saturated carbocycles. The van der Waals surface area contributed by atoms with Gasteiger partial charge in [0.15, 0.2) is 11.5 Å². The van der Waals surface area contributed by atoms with Crippen molar-refractivity contribution >= 4 is 17.4 Å². The Balaban J connectivity index is 1.95. The van der Waals surface area contributed by atoms with E-state index in [1.807, 2.05) is 6.92 Å². The number of hydrogen-bond acceptors (Lipinski definition) is 5. The number of amides is 1. The highest BCUT2D eigenvalue weighted by Gasteiger charge is 2.17. The number of unbranched alkanes of at least 4 members (excludes halogenated alkanes) is 1. The van der Waals surface area contributed by atoms with Crippen LogP contribution in [0.1, 0.15) is 56.3 Å². The Morgan fingerprint density at radius 3 is 2.52 bits per heavy atom. The van der Waals surface area contributed by atoms with Gasteiger partial charge in [0.2, 0.25) is 5.91 Å². The minimum absolute atomic E-state index is 0.00263. The summed E-state index contributed by atoms with van der Waals surface area (Å²) in [5.74, 6) is 0.861. The summed E-state index contributed by atoms with van der Waals surface area (Å²) in [4.78, 5) is 24.8. The number of ketones is 1. The average Bonchev–Trinajstić information content (AvgIpc) is 2.71. The molecule has 1 atom stereocenters. The summed E-state index contributed by atoms with van der Waals surface area (Å²) in [7, 11) is 0. The molecule has 2 rings (SSSR count). The van der Waals surface area contributed by atoms with E-state index in [4.69, 9.17) is 10.5 Å². The van der Waals surface area contributed by atoms with Crippen molar-refractivity contribution in [3.63, 3.8) is 0 Å². The zero-order chi connectivity index (χ0) is 21.2. The van der Waals surface area contributed by atoms with Gasteiger partial charge in [0, 0.05) is 24.4 Å². The van der Waals surface area contributed by atoms with Crippen molar-refractivity contribution < 1.29 is 19.4 Å². The van der Waals surface area contributed by atoms with Crippen molar-refractivity contribution in [1.29, 1.82) is 0 Å². The van der Waals surface area contributed by atoms with E-state index < -0.39 is 0 Å². The Hall–Kier alpha value is -3.02. The SMILES string of the molecule is CCCCC(CC)C(=O)NCCC(=O)c1cccc(Oc2ccc(O)cc2)c1N. The summed E-state index contributed by atoms with van der Waals surface area (Å²) >= 11 is 0. The standard InChI is InChI=1S/C23H30N2O4/c1-3-5-7-16(4-2)23(28)25-15-14-20(27)19-8-6-9-21(22(19)24)29-18-12-10-17(26)11-13-18/h6,8-13,16,26H,3-5,7,14-15,24H2,1-2H3,(H,25,28). The van der Waals surface area contributed by atoms with Crippen LogP contribution in [0.5, 0.6) is 17.2 Å². The minimum atomic E-state index is -0.152. The maximum atomic E-state index is 12.6. The molecule has 156 valence electrons. The van der Waals surface area contributed by atoms with E-state index in [1.54, 1.807) is 30.3 Å². The first-order chi connectivity index (χ1) is 14.0. The molecule has 0 radical (unpaired) electrons. The normalized spacial score (nSPS) is 11.7. The smallest absolute Gasteiger partial charge is 0.223 e. The maximum absolute atomic E-state index is 12.6. The van der Waals surface area contributed by atoms with Gasteiger partial charge in [0.25, 0.3) is 0 Å². The molecule has 1 unspecified atom stereocenters. The molecule has 0 spiro atoms. The lowest BCUT2D eigenvalue weighted by Gasteiger charge is -2.15. The number of aromatic hydroxyl groups is 1. The van der Waals surface area contributed by atoms with E-state index in [1.165, 1.54) is 12.1 Å². The average molecular weight is 399 g/mol. The lowest BCUT2D eigenvalue weighted by Crippen LogP contribution is -2.32. The molecule has 2 aromatic carbocycles. The summed E-state index contributed by atoms with van der Waals surface area (Å²) < 4.78 is 5.72. The summed E-state index contributed by atoms with van der Waals surface area (Å²) in [6.45, 7) is 4.39. The molecule has 0 aromatic heterocycles. The van der Waals surface area contributed by atoms with E-state index in [0.29, 0.717) is 17.1 Å². The van der Waals surface area contributed by atoms with Gasteiger partial charge < -0.3 is 20.9 Å². The summed E-state index contributed by atoms with van der Waals surface area (Å²) in [6.07, 6.45) is 3.92. The first-order valence-corrected chi connectivity index (χ1v) is 10.1. The van der Waals surface area contributed by atoms with Crippen molar-refractivity contribution in [2.24, 2.45) is 5.92 Å². The van der Waals surface area contributed by atoms with Gasteiger partial charge in [-0.2, -0.15) is 0 Å². The van der Waals surface area contributed by atoms with Gasteiger partial charge in [-0.1, -0.05) is 32.8 Å². The van der Waals surface area contributed by atoms with Crippen LogP contribution in [0.3, 0.4) is 0 Å². The number of rotatable bonds is 11. The fraction of sp³-hybridized carbons (Fsp3) is 0.391. The van der Waals surface area contributed by atoms with Crippen molar-refractivity contribution in [3.8, 4) is 17.2 Å². The summed E-state index contributed by atoms with van der Waals surface area (Å²) in [5, 5.41) is 12.2. The second-order valence-electron chi connectivity index (χ2n) is 7.02. The Morgan fingerprint density at radius 2 is 1.86 bits per heavy atom. The molecular weight excluding hydrogens is 368 g/mol. The van der Waals surface area contributed by atoms with Gasteiger partial charge in [-0.05, 0) is 49.2 Å². The number of benzene rings is 2. The van der Waals surface area contributed by atoms with Crippen LogP contribution in [0.25, 0.3) is 0 Å². The Kier molecular flexibility index (Phi) is 8.52. The lowest BCUT2D eigenvalue weighted by atomic mass is 9.98. The molecule has 0 saturated heterocycles. The fourth-order valence-electron chi connectivity index (χ4n) is 3.07. The third kappa shape index (κ3) is 6.52. The van der Waals surface area contributed by atoms with Crippen LogP contribution in [0.15, 0.2) is 42.5 Å². The van der Waals surface area contributed by atoms with Crippen LogP contribution < -0.4 is 15.8 Å². The van der Waals surface area contributed by atoms with Crippen LogP contribution in [0.2, 0.25) is 0 Å². The molecule has 0 aliphatic carbocycles. The van der Waals surface area contributed by atoms with Gasteiger partial charge in [-0.25, -0.2) is 0 Å². The Morgan fingerprint density at radius 1 is 1.14 bits per heavy atom. The number of carbonyl (C=O) groups is 2. The highest BCUT2D eigenvalue weighted by molar-refractivity contribution is 6.02. The van der Waals surface area contributed by atoms with Gasteiger partial charge in [0.1, 0.15) is 11.5 Å². The van der Waals surface area contributed by atoms with Gasteiger partial charge in [-0.3, -0.25) is 9.59 Å². The molecule has 0 bridgehead atoms. The molecule has 6 nitrogen and oxygen atoms in total. The predicted molar refractivity (Wildman–Crippen MR) is 114 cm³/mol. The van der Waals surface area contributed by atoms with E-state index in [-0.39, 0.29) is 42.0 Å². The number of ether oxygens (including phenoxy) is 1. The number of phenolic OH excluding ortho intramolecular Hbond substituents is 1. The van der Waals surface area contributed by atoms with E-state index in [9.17, 15) is 14.7 Å². The summed E-state index contributed by atoms with van der Waals surface area (Å²) in [5.41, 5.74) is 6.76. The highest BCUT2D eigenvalue weighted by atomic mass is 16.5. The van der Waals surface area contributed by atoms with E-state index in [2.05, 4.69) is 12.2 Å². The van der Waals surface area contributed by atoms with Crippen LogP contribution in [-0.4, -0.2) is 23.3 Å². The van der Waals surface area contributed by atoms with Gasteiger partial charge in [0.05, 0.1) is 5.69 Å². The second-order valence-corrected chi connectivity index (χ2v) is 7.02. The van der Waals surface area contributed by atoms with E-state index >= 15 is 0 Å². The molecule has 6 heteroatoms. The van der Waals surface area contributed by atoms with Crippen molar-refractivity contribution in [1.82, 2.24) is 5.32 Å². The van der Waals surface area contributed by atoms with Crippen molar-refractivity contribution in [2.75, 3.05) is 12.3 Å². The molecule has 4 N–H and O–H groups in total. The number of nitrogen functional groups attached to an aromatic ring is 1. The molecule has 1 amide bonds. The Labute approximate surface area is 172 Å². The number of anilines is 1. The first kappa shape index (κ1) is 22.3. The number of hydrogen-bond donors (Lipinski definition) is 3. The third-order valence-electron chi connectivity index (χ3n) is 4.85. The zero-order valence-electron chi connectivity index (χ0n) is 17.1. The number of carbonyl (C=O) groups excluding carboxylic acids is 2. The first-order valence-electron chi connectivity index (χ1n) is 10.1. The van der Waals surface area contributed by atoms with Crippen LogP contribution >= 0.6 is 0 Å². The fourth-order valence-corrected chi connectivity index (χ4v) is 3.07. The predicted octanol–water partition coefficient (Wildman–Crippen LogP) is 4.67. The van der Waals surface area contributed by atoms with Crippen LogP contribution in [0, 0.1) is 5.92 Å². The molecule has 29 heavy (non-hydrogen) atoms. The zero-order valence-corrected chi connectivity index (χ0v) is 17.1. The van der Waals surface area contributed by atoms with E-state index in [0.717, 1.165) is 25.7 Å². The number of nitrogens with two attached hydrogens (primary N) is 1. The molecule has 0 aliphatic rings. The molecular formula is C23H30N2O4. The van der Waals surface area contributed by atoms with Crippen molar-refractivity contribution in [2.45, 2.75) is 46.0 Å². The number of nitrogens with one attached hydrogen (secondary N) is 1. The summed E-state index contributed by atoms with van der Waals surface area (Å²) in [6, 6.07) is 11.3. The van der Waals surface area contributed by atoms with Gasteiger partial charge >= 0.3 is 0 Å². The number of phenols is 1. The molecule has 2 aromatic rings. The lowest BCUT2D eigenvalue weighted by molar-refractivity contribution is -0.125. The molecule has 0 fully saturated rings. The minimum Gasteiger partial charge on any atom is -0.508 e. The Bertz CT molecular complexity index is 818. The number of Topliss-reactive ketones (excluding diaryl/α,β-unsaturated/α-hetero) is 1. The largest absolute Gasteiger partial charge is 0.508 e. The quantitative estimate of drug-likeness (QED) is 0.377. The topological polar surface area (TPSA) is 102 Å². The molecule has 0 aliphatic heterocycles. The monoisotopic (exact) mass is 398 g/mol. The van der Waals surface area contributed by atoms with Gasteiger partial charge in [-0.15, -0.1) is 0 Å². The van der Waals surface area contributed by atoms with Crippen LogP contribution in [-0.2, 0) is 4.79 Å². The second kappa shape index (κ2) is 11.1.